The van der Waals surface area contributed by atoms with E-state index in [2.05, 4.69) is 15.5 Å². The van der Waals surface area contributed by atoms with Gasteiger partial charge in [0.05, 0.1) is 0 Å². The van der Waals surface area contributed by atoms with Crippen molar-refractivity contribution < 1.29 is 4.79 Å². The van der Waals surface area contributed by atoms with Crippen LogP contribution in [0.3, 0.4) is 0 Å². The summed E-state index contributed by atoms with van der Waals surface area (Å²) in [6, 6.07) is 1.72. The van der Waals surface area contributed by atoms with Crippen molar-refractivity contribution in [2.75, 3.05) is 18.0 Å². The van der Waals surface area contributed by atoms with Crippen LogP contribution in [0.5, 0.6) is 0 Å². The summed E-state index contributed by atoms with van der Waals surface area (Å²) >= 11 is 0. The Morgan fingerprint density at radius 2 is 2.50 bits per heavy atom. The van der Waals surface area contributed by atoms with Gasteiger partial charge in [-0.2, -0.15) is 5.10 Å². The highest BCUT2D eigenvalue weighted by atomic mass is 16.2. The van der Waals surface area contributed by atoms with Crippen LogP contribution in [0.4, 0.5) is 10.6 Å². The molecule has 2 rings (SSSR count). The lowest BCUT2D eigenvalue weighted by atomic mass is 10.3. The third kappa shape index (κ3) is 1.13. The molecule has 2 heterocycles. The summed E-state index contributed by atoms with van der Waals surface area (Å²) in [4.78, 5) is 12.9. The van der Waals surface area contributed by atoms with Crippen molar-refractivity contribution in [3.05, 3.63) is 12.3 Å². The fourth-order valence-corrected chi connectivity index (χ4v) is 1.25. The summed E-state index contributed by atoms with van der Waals surface area (Å²) in [6.07, 6.45) is 2.68. The van der Waals surface area contributed by atoms with E-state index in [1.54, 1.807) is 17.2 Å². The SMILES string of the molecule is O=C1NCCCN1c1cc[nH]n1. The molecule has 1 fully saturated rings. The fourth-order valence-electron chi connectivity index (χ4n) is 1.25. The zero-order valence-corrected chi connectivity index (χ0v) is 6.58. The maximum atomic E-state index is 11.3. The van der Waals surface area contributed by atoms with Crippen molar-refractivity contribution in [1.82, 2.24) is 15.5 Å². The highest BCUT2D eigenvalue weighted by Gasteiger charge is 2.19. The number of nitrogens with one attached hydrogen (secondary N) is 2. The molecule has 12 heavy (non-hydrogen) atoms. The zero-order chi connectivity index (χ0) is 8.39. The summed E-state index contributed by atoms with van der Waals surface area (Å²) < 4.78 is 0. The first-order valence-corrected chi connectivity index (χ1v) is 3.93. The smallest absolute Gasteiger partial charge is 0.323 e. The van der Waals surface area contributed by atoms with Crippen LogP contribution in [0.15, 0.2) is 12.3 Å². The average molecular weight is 166 g/mol. The summed E-state index contributed by atoms with van der Waals surface area (Å²) in [5, 5.41) is 9.36. The molecule has 0 bridgehead atoms. The van der Waals surface area contributed by atoms with Crippen molar-refractivity contribution in [2.45, 2.75) is 6.42 Å². The van der Waals surface area contributed by atoms with Gasteiger partial charge in [-0.25, -0.2) is 4.79 Å². The van der Waals surface area contributed by atoms with Gasteiger partial charge in [0, 0.05) is 25.4 Å². The monoisotopic (exact) mass is 166 g/mol. The Labute approximate surface area is 69.8 Å². The lowest BCUT2D eigenvalue weighted by Gasteiger charge is -2.24. The predicted octanol–water partition coefficient (Wildman–Crippen LogP) is 0.329. The Hall–Kier alpha value is -1.52. The van der Waals surface area contributed by atoms with Crippen LogP contribution in [-0.4, -0.2) is 29.3 Å². The normalized spacial score (nSPS) is 17.7. The Balaban J connectivity index is 2.17. The van der Waals surface area contributed by atoms with Gasteiger partial charge >= 0.3 is 6.03 Å². The molecule has 0 saturated carbocycles. The number of nitrogens with zero attached hydrogens (tertiary/aromatic N) is 2. The molecule has 64 valence electrons. The molecular formula is C7H10N4O. The minimum Gasteiger partial charge on any atom is -0.338 e. The minimum atomic E-state index is -0.0617. The number of aromatic nitrogens is 2. The molecule has 5 nitrogen and oxygen atoms in total. The van der Waals surface area contributed by atoms with Gasteiger partial charge in [0.2, 0.25) is 0 Å². The minimum absolute atomic E-state index is 0.0617. The van der Waals surface area contributed by atoms with Gasteiger partial charge in [-0.05, 0) is 6.42 Å². The fraction of sp³-hybridized carbons (Fsp3) is 0.429. The van der Waals surface area contributed by atoms with E-state index in [4.69, 9.17) is 0 Å². The Morgan fingerprint density at radius 3 is 3.17 bits per heavy atom. The second-order valence-electron chi connectivity index (χ2n) is 2.67. The van der Waals surface area contributed by atoms with E-state index in [-0.39, 0.29) is 6.03 Å². The van der Waals surface area contributed by atoms with Crippen molar-refractivity contribution in [3.63, 3.8) is 0 Å². The maximum Gasteiger partial charge on any atom is 0.323 e. The van der Waals surface area contributed by atoms with Gasteiger partial charge in [0.15, 0.2) is 5.82 Å². The molecule has 1 aromatic heterocycles. The Morgan fingerprint density at radius 1 is 1.58 bits per heavy atom. The summed E-state index contributed by atoms with van der Waals surface area (Å²) in [7, 11) is 0. The van der Waals surface area contributed by atoms with Crippen LogP contribution < -0.4 is 10.2 Å². The van der Waals surface area contributed by atoms with Crippen LogP contribution in [0.25, 0.3) is 0 Å². The molecule has 1 aliphatic heterocycles. The molecule has 1 aliphatic rings. The highest BCUT2D eigenvalue weighted by Crippen LogP contribution is 2.11. The number of aromatic amines is 1. The van der Waals surface area contributed by atoms with E-state index in [0.29, 0.717) is 5.82 Å². The third-order valence-electron chi connectivity index (χ3n) is 1.84. The average Bonchev–Trinajstić information content (AvgIpc) is 2.57. The largest absolute Gasteiger partial charge is 0.338 e. The summed E-state index contributed by atoms with van der Waals surface area (Å²) in [6.45, 7) is 1.51. The van der Waals surface area contributed by atoms with Crippen molar-refractivity contribution >= 4 is 11.8 Å². The predicted molar refractivity (Wildman–Crippen MR) is 43.9 cm³/mol. The molecule has 0 unspecified atom stereocenters. The van der Waals surface area contributed by atoms with E-state index in [1.165, 1.54) is 0 Å². The quantitative estimate of drug-likeness (QED) is 0.631. The van der Waals surface area contributed by atoms with Crippen LogP contribution >= 0.6 is 0 Å². The second-order valence-corrected chi connectivity index (χ2v) is 2.67. The Kier molecular flexibility index (Phi) is 1.69. The van der Waals surface area contributed by atoms with Gasteiger partial charge in [0.1, 0.15) is 0 Å². The molecule has 0 aromatic carbocycles. The lowest BCUT2D eigenvalue weighted by molar-refractivity contribution is 0.242. The standard InChI is InChI=1S/C7H10N4O/c12-7-8-3-1-5-11(7)6-2-4-9-10-6/h2,4H,1,3,5H2,(H,8,12)(H,9,10). The molecule has 0 atom stereocenters. The molecular weight excluding hydrogens is 156 g/mol. The number of hydrogen-bond acceptors (Lipinski definition) is 2. The van der Waals surface area contributed by atoms with Gasteiger partial charge < -0.3 is 5.32 Å². The molecule has 1 saturated heterocycles. The highest BCUT2D eigenvalue weighted by molar-refractivity contribution is 5.91. The molecule has 0 radical (unpaired) electrons. The third-order valence-corrected chi connectivity index (χ3v) is 1.84. The number of carbonyl (C=O) groups is 1. The molecule has 0 aliphatic carbocycles. The maximum absolute atomic E-state index is 11.3. The van der Waals surface area contributed by atoms with Crippen molar-refractivity contribution in [1.29, 1.82) is 0 Å². The molecule has 2 N–H and O–H groups in total. The van der Waals surface area contributed by atoms with Gasteiger partial charge in [0.25, 0.3) is 0 Å². The first-order chi connectivity index (χ1) is 5.88. The van der Waals surface area contributed by atoms with Crippen molar-refractivity contribution in [3.8, 4) is 0 Å². The van der Waals surface area contributed by atoms with E-state index >= 15 is 0 Å². The topological polar surface area (TPSA) is 61.0 Å². The van der Waals surface area contributed by atoms with Gasteiger partial charge in [-0.1, -0.05) is 0 Å². The van der Waals surface area contributed by atoms with E-state index in [9.17, 15) is 4.79 Å². The number of amides is 2. The molecule has 2 amide bonds. The van der Waals surface area contributed by atoms with Gasteiger partial charge in [-0.15, -0.1) is 0 Å². The summed E-state index contributed by atoms with van der Waals surface area (Å²) in [5.41, 5.74) is 0. The first-order valence-electron chi connectivity index (χ1n) is 3.93. The first kappa shape index (κ1) is 7.15. The number of anilines is 1. The second kappa shape index (κ2) is 2.84. The van der Waals surface area contributed by atoms with Crippen LogP contribution in [-0.2, 0) is 0 Å². The summed E-state index contributed by atoms with van der Waals surface area (Å²) in [5.74, 6) is 0.687. The number of urea groups is 1. The number of rotatable bonds is 1. The van der Waals surface area contributed by atoms with Gasteiger partial charge in [-0.3, -0.25) is 10.00 Å². The number of hydrogen-bond donors (Lipinski definition) is 2. The number of carbonyl (C=O) groups excluding carboxylic acids is 1. The molecule has 0 spiro atoms. The van der Waals surface area contributed by atoms with E-state index in [1.807, 2.05) is 0 Å². The van der Waals surface area contributed by atoms with Crippen LogP contribution in [0.2, 0.25) is 0 Å². The lowest BCUT2D eigenvalue weighted by Crippen LogP contribution is -2.46. The zero-order valence-electron chi connectivity index (χ0n) is 6.58. The number of H-pyrrole nitrogens is 1. The van der Waals surface area contributed by atoms with E-state index in [0.717, 1.165) is 19.5 Å². The molecule has 5 heteroatoms. The van der Waals surface area contributed by atoms with E-state index < -0.39 is 0 Å². The molecule has 1 aromatic rings. The van der Waals surface area contributed by atoms with Crippen LogP contribution in [0.1, 0.15) is 6.42 Å². The Bertz CT molecular complexity index is 269. The van der Waals surface area contributed by atoms with Crippen molar-refractivity contribution in [2.24, 2.45) is 0 Å². The van der Waals surface area contributed by atoms with Crippen LogP contribution in [0, 0.1) is 0 Å².